The Bertz CT molecular complexity index is 467. The van der Waals surface area contributed by atoms with Gasteiger partial charge in [-0.1, -0.05) is 36.2 Å². The van der Waals surface area contributed by atoms with Crippen molar-refractivity contribution in [1.82, 2.24) is 5.32 Å². The molecule has 0 aromatic heterocycles. The fourth-order valence-electron chi connectivity index (χ4n) is 1.78. The largest absolute Gasteiger partial charge is 0.480 e. The Morgan fingerprint density at radius 1 is 1.37 bits per heavy atom. The molecule has 0 aliphatic carbocycles. The van der Waals surface area contributed by atoms with Crippen molar-refractivity contribution in [2.75, 3.05) is 0 Å². The standard InChI is InChI=1S/C14H18BrNO3/c1-4-9(3)12(14(18)19)16-13(17)10-5-8(2)6-11(15)7-10/h5-7,9,12H,4H2,1-3H3,(H,16,17)(H,18,19)/t9-,12-/m0/s1. The van der Waals surface area contributed by atoms with Gasteiger partial charge in [0.1, 0.15) is 6.04 Å². The number of hydrogen-bond donors (Lipinski definition) is 2. The Kier molecular flexibility index (Phi) is 5.54. The molecule has 5 heteroatoms. The molecule has 2 atom stereocenters. The highest BCUT2D eigenvalue weighted by molar-refractivity contribution is 9.10. The smallest absolute Gasteiger partial charge is 0.326 e. The maximum absolute atomic E-state index is 12.1. The molecule has 4 nitrogen and oxygen atoms in total. The topological polar surface area (TPSA) is 66.4 Å². The van der Waals surface area contributed by atoms with Crippen molar-refractivity contribution in [2.45, 2.75) is 33.2 Å². The summed E-state index contributed by atoms with van der Waals surface area (Å²) in [6.45, 7) is 5.59. The zero-order valence-corrected chi connectivity index (χ0v) is 12.8. The number of hydrogen-bond acceptors (Lipinski definition) is 2. The van der Waals surface area contributed by atoms with E-state index in [2.05, 4.69) is 21.2 Å². The number of rotatable bonds is 5. The van der Waals surface area contributed by atoms with E-state index in [0.29, 0.717) is 12.0 Å². The van der Waals surface area contributed by atoms with Crippen molar-refractivity contribution >= 4 is 27.8 Å². The summed E-state index contributed by atoms with van der Waals surface area (Å²) in [5, 5.41) is 11.7. The van der Waals surface area contributed by atoms with Crippen molar-refractivity contribution in [2.24, 2.45) is 5.92 Å². The van der Waals surface area contributed by atoms with Gasteiger partial charge in [-0.3, -0.25) is 4.79 Å². The SMILES string of the molecule is CC[C@H](C)[C@H](NC(=O)c1cc(C)cc(Br)c1)C(=O)O. The molecule has 0 saturated carbocycles. The monoisotopic (exact) mass is 327 g/mol. The van der Waals surface area contributed by atoms with Gasteiger partial charge in [-0.15, -0.1) is 0 Å². The Hall–Kier alpha value is -1.36. The summed E-state index contributed by atoms with van der Waals surface area (Å²) in [7, 11) is 0. The second kappa shape index (κ2) is 6.70. The number of halogens is 1. The molecule has 0 bridgehead atoms. The normalized spacial score (nSPS) is 13.7. The van der Waals surface area contributed by atoms with E-state index in [9.17, 15) is 9.59 Å². The number of benzene rings is 1. The highest BCUT2D eigenvalue weighted by Crippen LogP contribution is 2.16. The van der Waals surface area contributed by atoms with Gasteiger partial charge in [-0.05, 0) is 36.6 Å². The minimum atomic E-state index is -1.01. The van der Waals surface area contributed by atoms with Crippen LogP contribution in [-0.2, 0) is 4.79 Å². The molecule has 0 saturated heterocycles. The summed E-state index contributed by atoms with van der Waals surface area (Å²) < 4.78 is 0.799. The molecule has 0 aliphatic rings. The molecule has 1 rings (SSSR count). The zero-order chi connectivity index (χ0) is 14.6. The Morgan fingerprint density at radius 3 is 2.47 bits per heavy atom. The van der Waals surface area contributed by atoms with Crippen molar-refractivity contribution < 1.29 is 14.7 Å². The van der Waals surface area contributed by atoms with Gasteiger partial charge in [-0.2, -0.15) is 0 Å². The number of aryl methyl sites for hydroxylation is 1. The molecule has 0 heterocycles. The molecule has 0 unspecified atom stereocenters. The second-order valence-corrected chi connectivity index (χ2v) is 5.61. The summed E-state index contributed by atoms with van der Waals surface area (Å²) in [6, 6.07) is 4.44. The molecule has 0 radical (unpaired) electrons. The molecule has 2 N–H and O–H groups in total. The van der Waals surface area contributed by atoms with Crippen LogP contribution < -0.4 is 5.32 Å². The molecule has 0 spiro atoms. The number of carbonyl (C=O) groups is 2. The Morgan fingerprint density at radius 2 is 2.00 bits per heavy atom. The molecular weight excluding hydrogens is 310 g/mol. The minimum Gasteiger partial charge on any atom is -0.480 e. The third-order valence-electron chi connectivity index (χ3n) is 3.07. The van der Waals surface area contributed by atoms with Crippen LogP contribution in [0.2, 0.25) is 0 Å². The molecule has 19 heavy (non-hydrogen) atoms. The van der Waals surface area contributed by atoms with Crippen LogP contribution in [0.5, 0.6) is 0 Å². The first-order valence-electron chi connectivity index (χ1n) is 6.16. The zero-order valence-electron chi connectivity index (χ0n) is 11.2. The fourth-order valence-corrected chi connectivity index (χ4v) is 2.38. The molecule has 1 aromatic rings. The predicted octanol–water partition coefficient (Wildman–Crippen LogP) is 2.99. The summed E-state index contributed by atoms with van der Waals surface area (Å²) in [5.74, 6) is -1.48. The van der Waals surface area contributed by atoms with Crippen molar-refractivity contribution in [3.8, 4) is 0 Å². The van der Waals surface area contributed by atoms with Crippen molar-refractivity contribution in [3.05, 3.63) is 33.8 Å². The molecular formula is C14H18BrNO3. The number of nitrogens with one attached hydrogen (secondary N) is 1. The van der Waals surface area contributed by atoms with Crippen LogP contribution >= 0.6 is 15.9 Å². The Balaban J connectivity index is 2.90. The summed E-state index contributed by atoms with van der Waals surface area (Å²) >= 11 is 3.32. The molecule has 0 fully saturated rings. The van der Waals surface area contributed by atoms with Gasteiger partial charge >= 0.3 is 5.97 Å². The van der Waals surface area contributed by atoms with Gasteiger partial charge in [-0.25, -0.2) is 4.79 Å². The van der Waals surface area contributed by atoms with E-state index in [1.807, 2.05) is 26.8 Å². The van der Waals surface area contributed by atoms with E-state index in [-0.39, 0.29) is 11.8 Å². The number of carboxylic acid groups (broad SMARTS) is 1. The third-order valence-corrected chi connectivity index (χ3v) is 3.53. The minimum absolute atomic E-state index is 0.116. The van der Waals surface area contributed by atoms with Gasteiger partial charge in [0.25, 0.3) is 5.91 Å². The van der Waals surface area contributed by atoms with Gasteiger partial charge in [0, 0.05) is 10.0 Å². The molecule has 1 aromatic carbocycles. The van der Waals surface area contributed by atoms with Crippen LogP contribution in [0.1, 0.15) is 36.2 Å². The number of carbonyl (C=O) groups excluding carboxylic acids is 1. The van der Waals surface area contributed by atoms with Crippen molar-refractivity contribution in [1.29, 1.82) is 0 Å². The summed E-state index contributed by atoms with van der Waals surface area (Å²) in [6.07, 6.45) is 0.689. The maximum atomic E-state index is 12.1. The van der Waals surface area contributed by atoms with E-state index >= 15 is 0 Å². The highest BCUT2D eigenvalue weighted by atomic mass is 79.9. The molecule has 0 aliphatic heterocycles. The van der Waals surface area contributed by atoms with Crippen LogP contribution in [0.3, 0.4) is 0 Å². The lowest BCUT2D eigenvalue weighted by molar-refractivity contribution is -0.140. The molecule has 1 amide bonds. The first kappa shape index (κ1) is 15.7. The van der Waals surface area contributed by atoms with E-state index in [0.717, 1.165) is 10.0 Å². The van der Waals surface area contributed by atoms with Crippen LogP contribution in [0.4, 0.5) is 0 Å². The van der Waals surface area contributed by atoms with E-state index in [1.165, 1.54) is 0 Å². The average molecular weight is 328 g/mol. The number of carboxylic acids is 1. The van der Waals surface area contributed by atoms with Crippen LogP contribution in [0.25, 0.3) is 0 Å². The van der Waals surface area contributed by atoms with Crippen LogP contribution in [0.15, 0.2) is 22.7 Å². The lowest BCUT2D eigenvalue weighted by atomic mass is 9.99. The van der Waals surface area contributed by atoms with Gasteiger partial charge in [0.05, 0.1) is 0 Å². The quantitative estimate of drug-likeness (QED) is 0.873. The summed E-state index contributed by atoms with van der Waals surface area (Å²) in [5.41, 5.74) is 1.40. The number of aliphatic carboxylic acids is 1. The number of amides is 1. The van der Waals surface area contributed by atoms with Gasteiger partial charge in [0.2, 0.25) is 0 Å². The lowest BCUT2D eigenvalue weighted by Gasteiger charge is -2.20. The van der Waals surface area contributed by atoms with Gasteiger partial charge < -0.3 is 10.4 Å². The lowest BCUT2D eigenvalue weighted by Crippen LogP contribution is -2.45. The first-order valence-corrected chi connectivity index (χ1v) is 6.95. The van der Waals surface area contributed by atoms with Crippen molar-refractivity contribution in [3.63, 3.8) is 0 Å². The van der Waals surface area contributed by atoms with E-state index < -0.39 is 12.0 Å². The van der Waals surface area contributed by atoms with E-state index in [1.54, 1.807) is 12.1 Å². The first-order chi connectivity index (χ1) is 8.85. The Labute approximate surface area is 121 Å². The highest BCUT2D eigenvalue weighted by Gasteiger charge is 2.25. The second-order valence-electron chi connectivity index (χ2n) is 4.69. The summed E-state index contributed by atoms with van der Waals surface area (Å²) in [4.78, 5) is 23.3. The fraction of sp³-hybridized carbons (Fsp3) is 0.429. The molecule has 104 valence electrons. The maximum Gasteiger partial charge on any atom is 0.326 e. The third kappa shape index (κ3) is 4.35. The van der Waals surface area contributed by atoms with Gasteiger partial charge in [0.15, 0.2) is 0 Å². The van der Waals surface area contributed by atoms with Crippen LogP contribution in [0, 0.1) is 12.8 Å². The average Bonchev–Trinajstić information content (AvgIpc) is 2.33. The van der Waals surface area contributed by atoms with E-state index in [4.69, 9.17) is 5.11 Å². The predicted molar refractivity (Wildman–Crippen MR) is 77.2 cm³/mol. The van der Waals surface area contributed by atoms with Crippen LogP contribution in [-0.4, -0.2) is 23.0 Å².